The Bertz CT molecular complexity index is 421. The lowest BCUT2D eigenvalue weighted by atomic mass is 10.1. The van der Waals surface area contributed by atoms with Crippen molar-refractivity contribution in [3.8, 4) is 0 Å². The van der Waals surface area contributed by atoms with Crippen LogP contribution in [0.4, 0.5) is 0 Å². The van der Waals surface area contributed by atoms with E-state index in [2.05, 4.69) is 4.74 Å². The highest BCUT2D eigenvalue weighted by Crippen LogP contribution is 2.38. The number of thioether (sulfide) groups is 1. The van der Waals surface area contributed by atoms with Crippen molar-refractivity contribution in [2.75, 3.05) is 6.61 Å². The SMILES string of the molecule is C.CCOC(=O)C(=O)c1ccc(SC2CC2)cc1. The van der Waals surface area contributed by atoms with Crippen LogP contribution in [-0.2, 0) is 9.53 Å². The highest BCUT2D eigenvalue weighted by Gasteiger charge is 2.23. The summed E-state index contributed by atoms with van der Waals surface area (Å²) in [5.74, 6) is -1.36. The maximum Gasteiger partial charge on any atom is 0.379 e. The number of carbonyl (C=O) groups excluding carboxylic acids is 2. The maximum absolute atomic E-state index is 11.6. The van der Waals surface area contributed by atoms with Crippen LogP contribution in [0.15, 0.2) is 29.2 Å². The minimum absolute atomic E-state index is 0. The Hall–Kier alpha value is -1.29. The van der Waals surface area contributed by atoms with Gasteiger partial charge in [-0.15, -0.1) is 11.8 Å². The quantitative estimate of drug-likeness (QED) is 0.466. The van der Waals surface area contributed by atoms with E-state index in [1.165, 1.54) is 12.8 Å². The Morgan fingerprint density at radius 1 is 1.28 bits per heavy atom. The fourth-order valence-corrected chi connectivity index (χ4v) is 2.43. The van der Waals surface area contributed by atoms with Crippen molar-refractivity contribution in [3.05, 3.63) is 29.8 Å². The van der Waals surface area contributed by atoms with Gasteiger partial charge < -0.3 is 4.74 Å². The summed E-state index contributed by atoms with van der Waals surface area (Å²) in [6.45, 7) is 1.90. The number of hydrogen-bond acceptors (Lipinski definition) is 4. The minimum Gasteiger partial charge on any atom is -0.460 e. The molecule has 1 fully saturated rings. The molecule has 1 aliphatic carbocycles. The number of esters is 1. The molecule has 1 aliphatic rings. The van der Waals surface area contributed by atoms with E-state index in [4.69, 9.17) is 0 Å². The van der Waals surface area contributed by atoms with Gasteiger partial charge >= 0.3 is 5.97 Å². The number of Topliss-reactive ketones (excluding diaryl/α,β-unsaturated/α-hetero) is 1. The van der Waals surface area contributed by atoms with Crippen LogP contribution in [0, 0.1) is 0 Å². The molecule has 0 radical (unpaired) electrons. The Morgan fingerprint density at radius 2 is 1.89 bits per heavy atom. The molecule has 0 unspecified atom stereocenters. The Labute approximate surface area is 112 Å². The third-order valence-corrected chi connectivity index (χ3v) is 3.75. The molecule has 0 amide bonds. The summed E-state index contributed by atoms with van der Waals surface area (Å²) in [5.41, 5.74) is 0.392. The first-order valence-corrected chi connectivity index (χ1v) is 6.57. The molecule has 18 heavy (non-hydrogen) atoms. The van der Waals surface area contributed by atoms with Gasteiger partial charge in [0.1, 0.15) is 0 Å². The molecule has 0 spiro atoms. The Kier molecular flexibility index (Phi) is 5.41. The molecule has 0 saturated heterocycles. The third kappa shape index (κ3) is 3.88. The van der Waals surface area contributed by atoms with Gasteiger partial charge in [-0.1, -0.05) is 7.43 Å². The summed E-state index contributed by atoms with van der Waals surface area (Å²) < 4.78 is 4.67. The van der Waals surface area contributed by atoms with Gasteiger partial charge in [-0.05, 0) is 44.0 Å². The molecule has 4 heteroatoms. The molecule has 98 valence electrons. The second kappa shape index (κ2) is 6.59. The molecule has 1 aromatic rings. The fourth-order valence-electron chi connectivity index (χ4n) is 1.38. The first kappa shape index (κ1) is 14.8. The number of rotatable bonds is 5. The van der Waals surface area contributed by atoms with E-state index in [-0.39, 0.29) is 14.0 Å². The maximum atomic E-state index is 11.6. The van der Waals surface area contributed by atoms with E-state index in [9.17, 15) is 9.59 Å². The fraction of sp³-hybridized carbons (Fsp3) is 0.429. The van der Waals surface area contributed by atoms with Gasteiger partial charge in [0.25, 0.3) is 5.78 Å². The number of ether oxygens (including phenoxy) is 1. The highest BCUT2D eigenvalue weighted by atomic mass is 32.2. The van der Waals surface area contributed by atoms with Crippen LogP contribution in [0.3, 0.4) is 0 Å². The van der Waals surface area contributed by atoms with Crippen LogP contribution in [0.1, 0.15) is 37.6 Å². The van der Waals surface area contributed by atoms with Crippen molar-refractivity contribution in [1.82, 2.24) is 0 Å². The average Bonchev–Trinajstić information content (AvgIpc) is 3.13. The van der Waals surface area contributed by atoms with E-state index >= 15 is 0 Å². The topological polar surface area (TPSA) is 43.4 Å². The number of ketones is 1. The number of benzene rings is 1. The van der Waals surface area contributed by atoms with E-state index in [1.807, 2.05) is 23.9 Å². The van der Waals surface area contributed by atoms with Gasteiger partial charge in [-0.3, -0.25) is 4.79 Å². The molecule has 0 aliphatic heterocycles. The lowest BCUT2D eigenvalue weighted by Crippen LogP contribution is -2.17. The first-order chi connectivity index (χ1) is 8.20. The molecule has 0 aromatic heterocycles. The summed E-state index contributed by atoms with van der Waals surface area (Å²) >= 11 is 1.82. The van der Waals surface area contributed by atoms with Gasteiger partial charge in [-0.2, -0.15) is 0 Å². The van der Waals surface area contributed by atoms with Crippen LogP contribution in [0.5, 0.6) is 0 Å². The zero-order chi connectivity index (χ0) is 12.3. The smallest absolute Gasteiger partial charge is 0.379 e. The van der Waals surface area contributed by atoms with Crippen molar-refractivity contribution >= 4 is 23.5 Å². The van der Waals surface area contributed by atoms with Crippen molar-refractivity contribution in [2.24, 2.45) is 0 Å². The molecular weight excluding hydrogens is 248 g/mol. The molecule has 0 heterocycles. The zero-order valence-corrected chi connectivity index (χ0v) is 10.5. The Balaban J connectivity index is 0.00000162. The van der Waals surface area contributed by atoms with Crippen LogP contribution in [0.25, 0.3) is 0 Å². The van der Waals surface area contributed by atoms with Crippen molar-refractivity contribution in [2.45, 2.75) is 37.3 Å². The Morgan fingerprint density at radius 3 is 2.39 bits per heavy atom. The number of carbonyl (C=O) groups is 2. The lowest BCUT2D eigenvalue weighted by molar-refractivity contribution is -0.137. The van der Waals surface area contributed by atoms with Crippen LogP contribution >= 0.6 is 11.8 Å². The van der Waals surface area contributed by atoms with Crippen molar-refractivity contribution in [3.63, 3.8) is 0 Å². The van der Waals surface area contributed by atoms with E-state index < -0.39 is 11.8 Å². The summed E-state index contributed by atoms with van der Waals surface area (Å²) in [6, 6.07) is 7.14. The molecule has 0 atom stereocenters. The normalized spacial score (nSPS) is 13.6. The molecule has 0 bridgehead atoms. The second-order valence-electron chi connectivity index (χ2n) is 3.89. The van der Waals surface area contributed by atoms with Gasteiger partial charge in [0.15, 0.2) is 0 Å². The van der Waals surface area contributed by atoms with Crippen molar-refractivity contribution < 1.29 is 14.3 Å². The molecule has 3 nitrogen and oxygen atoms in total. The molecule has 2 rings (SSSR count). The zero-order valence-electron chi connectivity index (χ0n) is 9.64. The highest BCUT2D eigenvalue weighted by molar-refractivity contribution is 8.00. The van der Waals surface area contributed by atoms with E-state index in [0.29, 0.717) is 5.56 Å². The first-order valence-electron chi connectivity index (χ1n) is 5.69. The van der Waals surface area contributed by atoms with E-state index in [0.717, 1.165) is 10.1 Å². The van der Waals surface area contributed by atoms with Crippen LogP contribution in [0.2, 0.25) is 0 Å². The monoisotopic (exact) mass is 266 g/mol. The molecule has 1 saturated carbocycles. The van der Waals surface area contributed by atoms with Crippen LogP contribution < -0.4 is 0 Å². The van der Waals surface area contributed by atoms with Gasteiger partial charge in [-0.25, -0.2) is 4.79 Å². The predicted octanol–water partition coefficient (Wildman–Crippen LogP) is 3.32. The standard InChI is InChI=1S/C13H14O3S.CH4/c1-2-16-13(15)12(14)9-3-5-10(6-4-9)17-11-7-8-11;/h3-6,11H,2,7-8H2,1H3;1H4. The minimum atomic E-state index is -0.782. The molecule has 0 N–H and O–H groups in total. The summed E-state index contributed by atoms with van der Waals surface area (Å²) in [5, 5.41) is 0.738. The average molecular weight is 266 g/mol. The second-order valence-corrected chi connectivity index (χ2v) is 5.26. The summed E-state index contributed by atoms with van der Waals surface area (Å²) in [4.78, 5) is 24.0. The van der Waals surface area contributed by atoms with Crippen LogP contribution in [-0.4, -0.2) is 23.6 Å². The predicted molar refractivity (Wildman–Crippen MR) is 73.0 cm³/mol. The third-order valence-electron chi connectivity index (χ3n) is 2.40. The summed E-state index contributed by atoms with van der Waals surface area (Å²) in [6.07, 6.45) is 2.54. The van der Waals surface area contributed by atoms with Gasteiger partial charge in [0.05, 0.1) is 6.61 Å². The van der Waals surface area contributed by atoms with Gasteiger partial charge in [0, 0.05) is 15.7 Å². The van der Waals surface area contributed by atoms with Crippen molar-refractivity contribution in [1.29, 1.82) is 0 Å². The number of hydrogen-bond donors (Lipinski definition) is 0. The summed E-state index contributed by atoms with van der Waals surface area (Å²) in [7, 11) is 0. The molecule has 1 aromatic carbocycles. The van der Waals surface area contributed by atoms with Gasteiger partial charge in [0.2, 0.25) is 0 Å². The van der Waals surface area contributed by atoms with E-state index in [1.54, 1.807) is 19.1 Å². The lowest BCUT2D eigenvalue weighted by Gasteiger charge is -2.02. The largest absolute Gasteiger partial charge is 0.460 e. The molecular formula is C14H18O3S.